The Morgan fingerprint density at radius 1 is 1.21 bits per heavy atom. The Labute approximate surface area is 164 Å². The van der Waals surface area contributed by atoms with Crippen LogP contribution in [0.3, 0.4) is 0 Å². The molecule has 3 aromatic rings. The number of aryl methyl sites for hydroxylation is 1. The molecule has 0 fully saturated rings. The van der Waals surface area contributed by atoms with Crippen molar-refractivity contribution >= 4 is 11.7 Å². The van der Waals surface area contributed by atoms with E-state index in [1.165, 1.54) is 11.1 Å². The zero-order valence-electron chi connectivity index (χ0n) is 15.8. The molecule has 0 radical (unpaired) electrons. The van der Waals surface area contributed by atoms with Crippen LogP contribution in [0.1, 0.15) is 41.3 Å². The number of benzene rings is 2. The first-order chi connectivity index (χ1) is 13.8. The molecule has 0 aliphatic heterocycles. The fraction of sp³-hybridized carbons (Fsp3) is 0.227. The first-order valence-corrected chi connectivity index (χ1v) is 9.52. The SMILES string of the molecule is C=CNc1c(C(N)=NC2CCCc3ccccc32)nnn1Cc1ccccc1. The lowest BCUT2D eigenvalue weighted by Gasteiger charge is -2.22. The number of hydrogen-bond acceptors (Lipinski definition) is 4. The van der Waals surface area contributed by atoms with Gasteiger partial charge in [0.05, 0.1) is 12.6 Å². The molecule has 0 saturated carbocycles. The van der Waals surface area contributed by atoms with E-state index >= 15 is 0 Å². The molecule has 28 heavy (non-hydrogen) atoms. The molecule has 2 aromatic carbocycles. The fourth-order valence-electron chi connectivity index (χ4n) is 3.68. The molecule has 0 saturated heterocycles. The minimum Gasteiger partial charge on any atom is -0.382 e. The third-order valence-electron chi connectivity index (χ3n) is 5.02. The summed E-state index contributed by atoms with van der Waals surface area (Å²) in [6.07, 6.45) is 4.79. The van der Waals surface area contributed by atoms with Crippen molar-refractivity contribution < 1.29 is 0 Å². The maximum Gasteiger partial charge on any atom is 0.171 e. The molecule has 1 aromatic heterocycles. The highest BCUT2D eigenvalue weighted by molar-refractivity contribution is 6.00. The van der Waals surface area contributed by atoms with Crippen molar-refractivity contribution in [1.29, 1.82) is 0 Å². The average molecular weight is 372 g/mol. The summed E-state index contributed by atoms with van der Waals surface area (Å²) in [5.41, 5.74) is 10.7. The van der Waals surface area contributed by atoms with Crippen molar-refractivity contribution in [1.82, 2.24) is 15.0 Å². The second-order valence-electron chi connectivity index (χ2n) is 6.90. The van der Waals surface area contributed by atoms with Crippen molar-refractivity contribution in [2.45, 2.75) is 31.8 Å². The number of anilines is 1. The Bertz CT molecular complexity index is 989. The first-order valence-electron chi connectivity index (χ1n) is 9.52. The topological polar surface area (TPSA) is 81.1 Å². The Kier molecular flexibility index (Phi) is 5.19. The Morgan fingerprint density at radius 2 is 2.00 bits per heavy atom. The van der Waals surface area contributed by atoms with E-state index in [1.807, 2.05) is 18.2 Å². The fourth-order valence-corrected chi connectivity index (χ4v) is 3.68. The number of rotatable bonds is 6. The van der Waals surface area contributed by atoms with Crippen LogP contribution in [0.5, 0.6) is 0 Å². The lowest BCUT2D eigenvalue weighted by Crippen LogP contribution is -2.19. The summed E-state index contributed by atoms with van der Waals surface area (Å²) in [6.45, 7) is 4.36. The van der Waals surface area contributed by atoms with Gasteiger partial charge in [-0.15, -0.1) is 5.10 Å². The van der Waals surface area contributed by atoms with E-state index < -0.39 is 0 Å². The molecule has 3 N–H and O–H groups in total. The summed E-state index contributed by atoms with van der Waals surface area (Å²) in [6, 6.07) is 18.6. The van der Waals surface area contributed by atoms with E-state index in [9.17, 15) is 0 Å². The van der Waals surface area contributed by atoms with Gasteiger partial charge in [-0.05, 0) is 42.2 Å². The van der Waals surface area contributed by atoms with Crippen molar-refractivity contribution in [2.24, 2.45) is 10.7 Å². The zero-order valence-corrected chi connectivity index (χ0v) is 15.8. The molecule has 1 aliphatic rings. The normalized spacial score (nSPS) is 16.4. The molecule has 6 nitrogen and oxygen atoms in total. The maximum atomic E-state index is 6.38. The summed E-state index contributed by atoms with van der Waals surface area (Å²) < 4.78 is 1.78. The molecule has 0 spiro atoms. The van der Waals surface area contributed by atoms with Gasteiger partial charge >= 0.3 is 0 Å². The van der Waals surface area contributed by atoms with Gasteiger partial charge in [0.15, 0.2) is 17.3 Å². The highest BCUT2D eigenvalue weighted by Gasteiger charge is 2.22. The molecule has 1 heterocycles. The molecule has 1 atom stereocenters. The van der Waals surface area contributed by atoms with Crippen molar-refractivity contribution in [3.8, 4) is 0 Å². The van der Waals surface area contributed by atoms with Crippen LogP contribution in [-0.2, 0) is 13.0 Å². The molecule has 0 bridgehead atoms. The second-order valence-corrected chi connectivity index (χ2v) is 6.90. The van der Waals surface area contributed by atoms with Gasteiger partial charge in [0.25, 0.3) is 0 Å². The van der Waals surface area contributed by atoms with E-state index in [0.29, 0.717) is 23.9 Å². The van der Waals surface area contributed by atoms with Crippen molar-refractivity contribution in [2.75, 3.05) is 5.32 Å². The van der Waals surface area contributed by atoms with E-state index in [1.54, 1.807) is 10.9 Å². The molecule has 1 unspecified atom stereocenters. The predicted octanol–water partition coefficient (Wildman–Crippen LogP) is 3.66. The van der Waals surface area contributed by atoms with Gasteiger partial charge < -0.3 is 11.1 Å². The van der Waals surface area contributed by atoms with E-state index in [2.05, 4.69) is 58.6 Å². The third-order valence-corrected chi connectivity index (χ3v) is 5.02. The average Bonchev–Trinajstić information content (AvgIpc) is 3.12. The molecular weight excluding hydrogens is 348 g/mol. The number of amidine groups is 1. The summed E-state index contributed by atoms with van der Waals surface area (Å²) in [7, 11) is 0. The van der Waals surface area contributed by atoms with Crippen LogP contribution in [-0.4, -0.2) is 20.8 Å². The number of hydrogen-bond donors (Lipinski definition) is 2. The smallest absolute Gasteiger partial charge is 0.171 e. The summed E-state index contributed by atoms with van der Waals surface area (Å²) >= 11 is 0. The largest absolute Gasteiger partial charge is 0.382 e. The summed E-state index contributed by atoms with van der Waals surface area (Å²) in [5, 5.41) is 11.7. The van der Waals surface area contributed by atoms with Crippen LogP contribution < -0.4 is 11.1 Å². The standard InChI is InChI=1S/C22H24N6/c1-2-24-22-20(26-27-28(22)15-16-9-4-3-5-10-16)21(23)25-19-14-8-12-17-11-6-7-13-18(17)19/h2-7,9-11,13,19,24H,1,8,12,14-15H2,(H2,23,25). The molecule has 1 aliphatic carbocycles. The Balaban J connectivity index is 1.65. The second kappa shape index (κ2) is 8.08. The van der Waals surface area contributed by atoms with Crippen LogP contribution in [0.2, 0.25) is 0 Å². The van der Waals surface area contributed by atoms with Gasteiger partial charge in [-0.1, -0.05) is 66.4 Å². The molecule has 4 rings (SSSR count). The number of nitrogens with one attached hydrogen (secondary N) is 1. The number of nitrogens with zero attached hydrogens (tertiary/aromatic N) is 4. The highest BCUT2D eigenvalue weighted by atomic mass is 15.5. The van der Waals surface area contributed by atoms with Crippen LogP contribution in [0.4, 0.5) is 5.82 Å². The first kappa shape index (κ1) is 18.0. The number of fused-ring (bicyclic) bond motifs is 1. The zero-order chi connectivity index (χ0) is 19.3. The number of nitrogens with two attached hydrogens (primary N) is 1. The quantitative estimate of drug-likeness (QED) is 0.511. The predicted molar refractivity (Wildman–Crippen MR) is 112 cm³/mol. The minimum atomic E-state index is 0.0563. The van der Waals surface area contributed by atoms with Gasteiger partial charge in [0.2, 0.25) is 0 Å². The lowest BCUT2D eigenvalue weighted by atomic mass is 9.88. The van der Waals surface area contributed by atoms with Gasteiger partial charge in [0.1, 0.15) is 0 Å². The van der Waals surface area contributed by atoms with E-state index in [0.717, 1.165) is 24.8 Å². The third kappa shape index (κ3) is 3.67. The molecule has 6 heteroatoms. The van der Waals surface area contributed by atoms with Crippen LogP contribution >= 0.6 is 0 Å². The van der Waals surface area contributed by atoms with Crippen LogP contribution in [0, 0.1) is 0 Å². The summed E-state index contributed by atoms with van der Waals surface area (Å²) in [5.74, 6) is 1.09. The van der Waals surface area contributed by atoms with Crippen molar-refractivity contribution in [3.63, 3.8) is 0 Å². The van der Waals surface area contributed by atoms with Gasteiger partial charge in [-0.2, -0.15) is 0 Å². The van der Waals surface area contributed by atoms with Gasteiger partial charge in [-0.25, -0.2) is 4.68 Å². The molecule has 0 amide bonds. The lowest BCUT2D eigenvalue weighted by molar-refractivity contribution is 0.572. The monoisotopic (exact) mass is 372 g/mol. The number of aliphatic imine (C=N–C) groups is 1. The molecular formula is C22H24N6. The van der Waals surface area contributed by atoms with E-state index in [4.69, 9.17) is 10.7 Å². The highest BCUT2D eigenvalue weighted by Crippen LogP contribution is 2.32. The number of aromatic nitrogens is 3. The maximum absolute atomic E-state index is 6.38. The Morgan fingerprint density at radius 3 is 2.82 bits per heavy atom. The van der Waals surface area contributed by atoms with E-state index in [-0.39, 0.29) is 6.04 Å². The minimum absolute atomic E-state index is 0.0563. The Hall–Kier alpha value is -3.41. The van der Waals surface area contributed by atoms with Gasteiger partial charge in [-0.3, -0.25) is 4.99 Å². The van der Waals surface area contributed by atoms with Crippen LogP contribution in [0.15, 0.2) is 72.4 Å². The molecule has 142 valence electrons. The van der Waals surface area contributed by atoms with Crippen LogP contribution in [0.25, 0.3) is 0 Å². The van der Waals surface area contributed by atoms with Crippen molar-refractivity contribution in [3.05, 3.63) is 89.8 Å². The summed E-state index contributed by atoms with van der Waals surface area (Å²) in [4.78, 5) is 4.82. The van der Waals surface area contributed by atoms with Gasteiger partial charge in [0, 0.05) is 0 Å².